The van der Waals surface area contributed by atoms with E-state index in [4.69, 9.17) is 0 Å². The molecular weight excluding hydrogens is 260 g/mol. The zero-order valence-corrected chi connectivity index (χ0v) is 11.9. The molecule has 1 heterocycles. The summed E-state index contributed by atoms with van der Waals surface area (Å²) in [6.45, 7) is 1.50. The van der Waals surface area contributed by atoms with Crippen LogP contribution in [0, 0.1) is 0 Å². The van der Waals surface area contributed by atoms with E-state index in [2.05, 4.69) is 4.99 Å². The Morgan fingerprint density at radius 2 is 1.57 bits per heavy atom. The van der Waals surface area contributed by atoms with E-state index in [1.54, 1.807) is 0 Å². The van der Waals surface area contributed by atoms with Gasteiger partial charge in [0.25, 0.3) is 5.91 Å². The molecule has 3 nitrogen and oxygen atoms in total. The van der Waals surface area contributed by atoms with Crippen LogP contribution in [0.2, 0.25) is 0 Å². The molecule has 1 aliphatic heterocycles. The van der Waals surface area contributed by atoms with Gasteiger partial charge in [-0.3, -0.25) is 14.7 Å². The number of aliphatic imine (C=N–C) groups is 1. The first-order valence-electron chi connectivity index (χ1n) is 7.33. The Bertz CT molecular complexity index is 635. The van der Waals surface area contributed by atoms with Crippen molar-refractivity contribution in [2.75, 3.05) is 13.1 Å². The molecular formula is C18H18N2O. The molecule has 2 aromatic rings. The Hall–Kier alpha value is -2.42. The fourth-order valence-electron chi connectivity index (χ4n) is 2.53. The smallest absolute Gasteiger partial charge is 0.259 e. The lowest BCUT2D eigenvalue weighted by molar-refractivity contribution is 0.0848. The van der Waals surface area contributed by atoms with Gasteiger partial charge in [-0.05, 0) is 25.0 Å². The van der Waals surface area contributed by atoms with Crippen LogP contribution in [-0.4, -0.2) is 29.7 Å². The van der Waals surface area contributed by atoms with E-state index in [0.29, 0.717) is 5.56 Å². The number of benzene rings is 2. The molecule has 1 amide bonds. The Morgan fingerprint density at radius 3 is 2.29 bits per heavy atom. The minimum absolute atomic E-state index is 0.0279. The van der Waals surface area contributed by atoms with Crippen molar-refractivity contribution >= 4 is 11.7 Å². The van der Waals surface area contributed by atoms with Crippen molar-refractivity contribution in [3.63, 3.8) is 0 Å². The number of nitrogens with zero attached hydrogens (tertiary/aromatic N) is 2. The summed E-state index contributed by atoms with van der Waals surface area (Å²) in [5.74, 6) is 0.821. The van der Waals surface area contributed by atoms with Gasteiger partial charge in [-0.25, -0.2) is 0 Å². The fourth-order valence-corrected chi connectivity index (χ4v) is 2.53. The number of hydrogen-bond acceptors (Lipinski definition) is 2. The molecule has 0 N–H and O–H groups in total. The van der Waals surface area contributed by atoms with Crippen LogP contribution in [0.5, 0.6) is 0 Å². The first-order chi connectivity index (χ1) is 10.4. The van der Waals surface area contributed by atoms with Gasteiger partial charge < -0.3 is 0 Å². The molecule has 0 saturated carbocycles. The number of carbonyl (C=O) groups is 1. The van der Waals surface area contributed by atoms with Crippen molar-refractivity contribution in [3.8, 4) is 0 Å². The second-order valence-electron chi connectivity index (χ2n) is 5.10. The van der Waals surface area contributed by atoms with Crippen molar-refractivity contribution in [2.45, 2.75) is 12.8 Å². The molecule has 0 atom stereocenters. The third-order valence-electron chi connectivity index (χ3n) is 3.60. The molecule has 0 fully saturated rings. The Kier molecular flexibility index (Phi) is 4.10. The van der Waals surface area contributed by atoms with Crippen molar-refractivity contribution in [2.24, 2.45) is 4.99 Å². The Balaban J connectivity index is 1.96. The van der Waals surface area contributed by atoms with Gasteiger partial charge in [-0.15, -0.1) is 0 Å². The van der Waals surface area contributed by atoms with Crippen LogP contribution in [0.25, 0.3) is 0 Å². The standard InChI is InChI=1S/C18H18N2O/c21-18(16-11-5-2-6-12-16)20-14-8-7-13-19-17(20)15-9-3-1-4-10-15/h1-6,9-12H,7-8,13-14H2. The number of hydrogen-bond donors (Lipinski definition) is 0. The van der Waals surface area contributed by atoms with E-state index < -0.39 is 0 Å². The third kappa shape index (κ3) is 3.02. The molecule has 0 bridgehead atoms. The first kappa shape index (κ1) is 13.6. The Labute approximate surface area is 124 Å². The SMILES string of the molecule is O=C(c1ccccc1)N1CCCCN=C1c1ccccc1. The molecule has 3 heteroatoms. The summed E-state index contributed by atoms with van der Waals surface area (Å²) in [6.07, 6.45) is 2.01. The molecule has 106 valence electrons. The van der Waals surface area contributed by atoms with Crippen LogP contribution in [0.4, 0.5) is 0 Å². The topological polar surface area (TPSA) is 32.7 Å². The van der Waals surface area contributed by atoms with Gasteiger partial charge in [0, 0.05) is 24.2 Å². The van der Waals surface area contributed by atoms with E-state index in [0.717, 1.165) is 37.3 Å². The first-order valence-corrected chi connectivity index (χ1v) is 7.33. The maximum Gasteiger partial charge on any atom is 0.259 e. The third-order valence-corrected chi connectivity index (χ3v) is 3.60. The zero-order chi connectivity index (χ0) is 14.5. The second-order valence-corrected chi connectivity index (χ2v) is 5.10. The summed E-state index contributed by atoms with van der Waals surface area (Å²) in [4.78, 5) is 19.2. The monoisotopic (exact) mass is 278 g/mol. The Morgan fingerprint density at radius 1 is 0.905 bits per heavy atom. The summed E-state index contributed by atoms with van der Waals surface area (Å²) in [5.41, 5.74) is 1.71. The summed E-state index contributed by atoms with van der Waals surface area (Å²) in [6, 6.07) is 19.4. The van der Waals surface area contributed by atoms with Crippen LogP contribution >= 0.6 is 0 Å². The number of rotatable bonds is 2. The van der Waals surface area contributed by atoms with Crippen LogP contribution in [0.1, 0.15) is 28.8 Å². The molecule has 21 heavy (non-hydrogen) atoms. The maximum atomic E-state index is 12.8. The minimum Gasteiger partial charge on any atom is -0.293 e. The largest absolute Gasteiger partial charge is 0.293 e. The van der Waals surface area contributed by atoms with Crippen LogP contribution in [0.15, 0.2) is 65.7 Å². The molecule has 0 aromatic heterocycles. The average molecular weight is 278 g/mol. The van der Waals surface area contributed by atoms with Gasteiger partial charge in [0.1, 0.15) is 5.84 Å². The van der Waals surface area contributed by atoms with E-state index in [9.17, 15) is 4.79 Å². The van der Waals surface area contributed by atoms with Crippen LogP contribution in [0.3, 0.4) is 0 Å². The van der Waals surface area contributed by atoms with Crippen molar-refractivity contribution < 1.29 is 4.79 Å². The normalized spacial score (nSPS) is 15.2. The van der Waals surface area contributed by atoms with E-state index in [1.165, 1.54) is 0 Å². The van der Waals surface area contributed by atoms with Crippen molar-refractivity contribution in [1.82, 2.24) is 4.90 Å². The predicted octanol–water partition coefficient (Wildman–Crippen LogP) is 3.37. The van der Waals surface area contributed by atoms with Crippen molar-refractivity contribution in [1.29, 1.82) is 0 Å². The zero-order valence-electron chi connectivity index (χ0n) is 11.9. The molecule has 0 spiro atoms. The summed E-state index contributed by atoms with van der Waals surface area (Å²) >= 11 is 0. The van der Waals surface area contributed by atoms with Gasteiger partial charge in [0.2, 0.25) is 0 Å². The van der Waals surface area contributed by atoms with Gasteiger partial charge >= 0.3 is 0 Å². The summed E-state index contributed by atoms with van der Waals surface area (Å²) in [7, 11) is 0. The molecule has 0 saturated heterocycles. The van der Waals surface area contributed by atoms with E-state index in [1.807, 2.05) is 65.6 Å². The van der Waals surface area contributed by atoms with Crippen LogP contribution < -0.4 is 0 Å². The fraction of sp³-hybridized carbons (Fsp3) is 0.222. The number of amidine groups is 1. The summed E-state index contributed by atoms with van der Waals surface area (Å²) < 4.78 is 0. The lowest BCUT2D eigenvalue weighted by Gasteiger charge is -2.23. The van der Waals surface area contributed by atoms with Crippen molar-refractivity contribution in [3.05, 3.63) is 71.8 Å². The second kappa shape index (κ2) is 6.35. The maximum absolute atomic E-state index is 12.8. The van der Waals surface area contributed by atoms with E-state index >= 15 is 0 Å². The molecule has 1 aliphatic rings. The molecule has 2 aromatic carbocycles. The highest BCUT2D eigenvalue weighted by Gasteiger charge is 2.23. The summed E-state index contributed by atoms with van der Waals surface area (Å²) in [5, 5.41) is 0. The minimum atomic E-state index is 0.0279. The molecule has 0 unspecified atom stereocenters. The number of amides is 1. The van der Waals surface area contributed by atoms with E-state index in [-0.39, 0.29) is 5.91 Å². The molecule has 3 rings (SSSR count). The lowest BCUT2D eigenvalue weighted by Crippen LogP contribution is -2.37. The lowest BCUT2D eigenvalue weighted by atomic mass is 10.1. The van der Waals surface area contributed by atoms with Gasteiger partial charge in [0.05, 0.1) is 0 Å². The highest BCUT2D eigenvalue weighted by molar-refractivity contribution is 6.12. The quantitative estimate of drug-likeness (QED) is 0.829. The number of carbonyl (C=O) groups excluding carboxylic acids is 1. The highest BCUT2D eigenvalue weighted by atomic mass is 16.2. The predicted molar refractivity (Wildman–Crippen MR) is 84.6 cm³/mol. The average Bonchev–Trinajstić information content (AvgIpc) is 2.81. The van der Waals surface area contributed by atoms with Gasteiger partial charge in [0.15, 0.2) is 0 Å². The van der Waals surface area contributed by atoms with Crippen LogP contribution in [-0.2, 0) is 0 Å². The molecule has 0 radical (unpaired) electrons. The van der Waals surface area contributed by atoms with Gasteiger partial charge in [-0.1, -0.05) is 48.5 Å². The molecule has 0 aliphatic carbocycles. The highest BCUT2D eigenvalue weighted by Crippen LogP contribution is 2.15. The van der Waals surface area contributed by atoms with Gasteiger partial charge in [-0.2, -0.15) is 0 Å².